The van der Waals surface area contributed by atoms with Crippen LogP contribution >= 0.6 is 0 Å². The molecule has 1 fully saturated rings. The minimum atomic E-state index is -1.06. The summed E-state index contributed by atoms with van der Waals surface area (Å²) in [5.74, 6) is -0.305. The van der Waals surface area contributed by atoms with Gasteiger partial charge in [-0.3, -0.25) is 14.5 Å². The van der Waals surface area contributed by atoms with E-state index in [0.717, 1.165) is 16.0 Å². The summed E-state index contributed by atoms with van der Waals surface area (Å²) in [6.07, 6.45) is 1.16. The molecule has 29 heavy (non-hydrogen) atoms. The van der Waals surface area contributed by atoms with Crippen molar-refractivity contribution in [1.29, 1.82) is 0 Å². The van der Waals surface area contributed by atoms with Crippen molar-refractivity contribution in [3.63, 3.8) is 0 Å². The molecule has 0 bridgehead atoms. The number of benzene rings is 2. The summed E-state index contributed by atoms with van der Waals surface area (Å²) in [4.78, 5) is 39.3. The molecule has 7 nitrogen and oxygen atoms in total. The third-order valence-corrected chi connectivity index (χ3v) is 5.25. The normalized spacial score (nSPS) is 20.2. The van der Waals surface area contributed by atoms with Gasteiger partial charge in [0.25, 0.3) is 5.91 Å². The van der Waals surface area contributed by atoms with Crippen LogP contribution in [0.1, 0.15) is 31.4 Å². The number of carbonyl (C=O) groups is 3. The van der Waals surface area contributed by atoms with Gasteiger partial charge in [-0.1, -0.05) is 36.4 Å². The predicted molar refractivity (Wildman–Crippen MR) is 108 cm³/mol. The second-order valence-electron chi connectivity index (χ2n) is 7.59. The van der Waals surface area contributed by atoms with Gasteiger partial charge in [-0.15, -0.1) is 0 Å². The molecule has 4 rings (SSSR count). The number of ether oxygens (including phenoxy) is 1. The van der Waals surface area contributed by atoms with Crippen LogP contribution < -0.4 is 15.4 Å². The zero-order chi connectivity index (χ0) is 20.6. The summed E-state index contributed by atoms with van der Waals surface area (Å²) in [6, 6.07) is 14.1. The zero-order valence-corrected chi connectivity index (χ0v) is 16.4. The van der Waals surface area contributed by atoms with Gasteiger partial charge in [-0.2, -0.15) is 0 Å². The first kappa shape index (κ1) is 19.0. The standard InChI is InChI=1S/C22H23N3O4/c1-14(2)29-18-10-6-5-9-17(18)23-19(26)13-25-20(27)22(24-21(25)28)12-11-15-7-3-4-8-16(15)22/h3-10,14H,11-13H2,1-2H3,(H,23,26)(H,24,28). The van der Waals surface area contributed by atoms with Crippen molar-refractivity contribution >= 4 is 23.5 Å². The molecule has 1 aliphatic heterocycles. The van der Waals surface area contributed by atoms with Crippen molar-refractivity contribution in [2.24, 2.45) is 0 Å². The second kappa shape index (κ2) is 7.24. The van der Waals surface area contributed by atoms with E-state index in [1.807, 2.05) is 44.2 Å². The van der Waals surface area contributed by atoms with Gasteiger partial charge < -0.3 is 15.4 Å². The van der Waals surface area contributed by atoms with Crippen LogP contribution in [0.2, 0.25) is 0 Å². The van der Waals surface area contributed by atoms with Crippen molar-refractivity contribution < 1.29 is 19.1 Å². The van der Waals surface area contributed by atoms with Crippen LogP contribution in [-0.2, 0) is 21.5 Å². The van der Waals surface area contributed by atoms with Crippen molar-refractivity contribution in [1.82, 2.24) is 10.2 Å². The Morgan fingerprint density at radius 3 is 2.69 bits per heavy atom. The lowest BCUT2D eigenvalue weighted by Gasteiger charge is -2.22. The van der Waals surface area contributed by atoms with E-state index < -0.39 is 17.5 Å². The number of para-hydroxylation sites is 2. The molecule has 2 N–H and O–H groups in total. The summed E-state index contributed by atoms with van der Waals surface area (Å²) < 4.78 is 5.70. The van der Waals surface area contributed by atoms with Gasteiger partial charge in [0.1, 0.15) is 17.8 Å². The fraction of sp³-hybridized carbons (Fsp3) is 0.318. The van der Waals surface area contributed by atoms with Crippen LogP contribution in [0.4, 0.5) is 10.5 Å². The third kappa shape index (κ3) is 3.33. The van der Waals surface area contributed by atoms with Crippen LogP contribution in [0, 0.1) is 0 Å². The predicted octanol–water partition coefficient (Wildman–Crippen LogP) is 2.81. The molecule has 1 spiro atoms. The monoisotopic (exact) mass is 393 g/mol. The summed E-state index contributed by atoms with van der Waals surface area (Å²) in [6.45, 7) is 3.43. The fourth-order valence-electron chi connectivity index (χ4n) is 3.99. The lowest BCUT2D eigenvalue weighted by molar-refractivity contribution is -0.134. The van der Waals surface area contributed by atoms with Gasteiger partial charge in [0.15, 0.2) is 0 Å². The molecule has 2 aromatic rings. The highest BCUT2D eigenvalue weighted by atomic mass is 16.5. The number of hydrogen-bond donors (Lipinski definition) is 2. The topological polar surface area (TPSA) is 87.7 Å². The smallest absolute Gasteiger partial charge is 0.325 e. The number of nitrogens with zero attached hydrogens (tertiary/aromatic N) is 1. The van der Waals surface area contributed by atoms with Crippen LogP contribution in [0.5, 0.6) is 5.75 Å². The molecule has 1 atom stereocenters. The van der Waals surface area contributed by atoms with E-state index in [4.69, 9.17) is 4.74 Å². The van der Waals surface area contributed by atoms with Crippen LogP contribution in [0.3, 0.4) is 0 Å². The molecule has 1 aliphatic carbocycles. The number of fused-ring (bicyclic) bond motifs is 2. The number of imide groups is 1. The SMILES string of the molecule is CC(C)Oc1ccccc1NC(=O)CN1C(=O)NC2(CCc3ccccc32)C1=O. The molecule has 4 amide bonds. The summed E-state index contributed by atoms with van der Waals surface area (Å²) >= 11 is 0. The highest BCUT2D eigenvalue weighted by Crippen LogP contribution is 2.41. The highest BCUT2D eigenvalue weighted by Gasteiger charge is 2.55. The minimum absolute atomic E-state index is 0.0544. The number of carbonyl (C=O) groups excluding carboxylic acids is 3. The number of amides is 4. The molecular weight excluding hydrogens is 370 g/mol. The number of nitrogens with one attached hydrogen (secondary N) is 2. The lowest BCUT2D eigenvalue weighted by atomic mass is 9.92. The molecule has 1 unspecified atom stereocenters. The average molecular weight is 393 g/mol. The van der Waals surface area contributed by atoms with Crippen LogP contribution in [0.15, 0.2) is 48.5 Å². The number of hydrogen-bond acceptors (Lipinski definition) is 4. The Morgan fingerprint density at radius 2 is 1.90 bits per heavy atom. The molecule has 150 valence electrons. The molecule has 1 heterocycles. The Morgan fingerprint density at radius 1 is 1.17 bits per heavy atom. The number of urea groups is 1. The first-order chi connectivity index (χ1) is 13.9. The van der Waals surface area contributed by atoms with Gasteiger partial charge in [0.2, 0.25) is 5.91 Å². The quantitative estimate of drug-likeness (QED) is 0.765. The Hall–Kier alpha value is -3.35. The van der Waals surface area contributed by atoms with Crippen molar-refractivity contribution in [3.05, 3.63) is 59.7 Å². The van der Waals surface area contributed by atoms with Crippen molar-refractivity contribution in [2.45, 2.75) is 38.3 Å². The maximum absolute atomic E-state index is 13.1. The summed E-state index contributed by atoms with van der Waals surface area (Å²) in [5.41, 5.74) is 1.30. The number of aryl methyl sites for hydroxylation is 1. The maximum Gasteiger partial charge on any atom is 0.325 e. The molecule has 2 aromatic carbocycles. The third-order valence-electron chi connectivity index (χ3n) is 5.25. The summed E-state index contributed by atoms with van der Waals surface area (Å²) in [5, 5.41) is 5.57. The highest BCUT2D eigenvalue weighted by molar-refractivity contribution is 6.11. The van der Waals surface area contributed by atoms with E-state index in [9.17, 15) is 14.4 Å². The van der Waals surface area contributed by atoms with Crippen LogP contribution in [0.25, 0.3) is 0 Å². The average Bonchev–Trinajstić information content (AvgIpc) is 3.17. The van der Waals surface area contributed by atoms with Gasteiger partial charge in [-0.05, 0) is 49.9 Å². The van der Waals surface area contributed by atoms with Gasteiger partial charge in [0.05, 0.1) is 11.8 Å². The van der Waals surface area contributed by atoms with E-state index in [1.54, 1.807) is 18.2 Å². The van der Waals surface area contributed by atoms with Crippen molar-refractivity contribution in [2.75, 3.05) is 11.9 Å². The van der Waals surface area contributed by atoms with Crippen LogP contribution in [-0.4, -0.2) is 35.4 Å². The zero-order valence-electron chi connectivity index (χ0n) is 16.4. The van der Waals surface area contributed by atoms with Gasteiger partial charge >= 0.3 is 6.03 Å². The molecule has 0 radical (unpaired) electrons. The maximum atomic E-state index is 13.1. The van der Waals surface area contributed by atoms with E-state index in [1.165, 1.54) is 0 Å². The second-order valence-corrected chi connectivity index (χ2v) is 7.59. The summed E-state index contributed by atoms with van der Waals surface area (Å²) in [7, 11) is 0. The number of rotatable bonds is 5. The first-order valence-corrected chi connectivity index (χ1v) is 9.69. The number of anilines is 1. The minimum Gasteiger partial charge on any atom is -0.489 e. The molecule has 0 aromatic heterocycles. The Labute approximate surface area is 169 Å². The Bertz CT molecular complexity index is 988. The van der Waals surface area contributed by atoms with E-state index in [2.05, 4.69) is 10.6 Å². The fourth-order valence-corrected chi connectivity index (χ4v) is 3.99. The van der Waals surface area contributed by atoms with Crippen molar-refractivity contribution in [3.8, 4) is 5.75 Å². The molecule has 1 saturated heterocycles. The molecule has 7 heteroatoms. The Kier molecular flexibility index (Phi) is 4.74. The Balaban J connectivity index is 1.50. The lowest BCUT2D eigenvalue weighted by Crippen LogP contribution is -2.43. The van der Waals surface area contributed by atoms with Gasteiger partial charge in [0, 0.05) is 0 Å². The van der Waals surface area contributed by atoms with E-state index in [-0.39, 0.29) is 18.6 Å². The van der Waals surface area contributed by atoms with Gasteiger partial charge in [-0.25, -0.2) is 4.79 Å². The molecule has 0 saturated carbocycles. The molecular formula is C22H23N3O4. The first-order valence-electron chi connectivity index (χ1n) is 9.69. The molecule has 2 aliphatic rings. The van der Waals surface area contributed by atoms with E-state index in [0.29, 0.717) is 24.3 Å². The largest absolute Gasteiger partial charge is 0.489 e. The van der Waals surface area contributed by atoms with E-state index >= 15 is 0 Å².